The summed E-state index contributed by atoms with van der Waals surface area (Å²) in [6, 6.07) is 0. The van der Waals surface area contributed by atoms with E-state index in [4.69, 9.17) is 4.52 Å². The van der Waals surface area contributed by atoms with Gasteiger partial charge in [-0.05, 0) is 25.7 Å². The van der Waals surface area contributed by atoms with Crippen molar-refractivity contribution in [2.45, 2.75) is 71.1 Å². The second-order valence-electron chi connectivity index (χ2n) is 6.98. The van der Waals surface area contributed by atoms with Crippen LogP contribution in [0.15, 0.2) is 20.8 Å². The molecule has 1 aromatic rings. The highest BCUT2D eigenvalue weighted by Crippen LogP contribution is 2.27. The minimum atomic E-state index is -0.0396. The first-order valence-corrected chi connectivity index (χ1v) is 9.61. The van der Waals surface area contributed by atoms with Crippen molar-refractivity contribution in [3.63, 3.8) is 0 Å². The Morgan fingerprint density at radius 2 is 1.92 bits per heavy atom. The second-order valence-corrected chi connectivity index (χ2v) is 6.98. The summed E-state index contributed by atoms with van der Waals surface area (Å²) in [6.07, 6.45) is 6.66. The number of aliphatic imine (C=N–C) groups is 1. The minimum absolute atomic E-state index is 0.0396. The van der Waals surface area contributed by atoms with E-state index in [1.165, 1.54) is 0 Å². The Morgan fingerprint density at radius 1 is 1.15 bits per heavy atom. The molecule has 0 saturated heterocycles. The molecule has 1 N–H and O–H groups in total. The molecular weight excluding hydrogens is 332 g/mol. The quantitative estimate of drug-likeness (QED) is 0.472. The Hall–Kier alpha value is -2.24. The summed E-state index contributed by atoms with van der Waals surface area (Å²) in [5.74, 6) is 0.733. The fourth-order valence-electron chi connectivity index (χ4n) is 3.60. The van der Waals surface area contributed by atoms with Crippen LogP contribution in [0.3, 0.4) is 0 Å². The van der Waals surface area contributed by atoms with E-state index in [9.17, 15) is 14.7 Å². The van der Waals surface area contributed by atoms with E-state index < -0.39 is 0 Å². The molecule has 0 spiro atoms. The lowest BCUT2D eigenvalue weighted by Crippen LogP contribution is -2.22. The van der Waals surface area contributed by atoms with Crippen LogP contribution in [0.5, 0.6) is 0 Å². The van der Waals surface area contributed by atoms with Crippen molar-refractivity contribution in [3.8, 4) is 0 Å². The summed E-state index contributed by atoms with van der Waals surface area (Å²) in [5, 5.41) is 14.6. The zero-order chi connectivity index (χ0) is 18.5. The maximum absolute atomic E-state index is 12.3. The Bertz CT molecular complexity index is 758. The van der Waals surface area contributed by atoms with Crippen molar-refractivity contribution in [2.75, 3.05) is 6.54 Å². The number of rotatable bonds is 6. The summed E-state index contributed by atoms with van der Waals surface area (Å²) in [4.78, 5) is 29.0. The molecule has 0 radical (unpaired) electrons. The van der Waals surface area contributed by atoms with Gasteiger partial charge in [0.25, 0.3) is 0 Å². The van der Waals surface area contributed by atoms with Gasteiger partial charge in [-0.3, -0.25) is 14.6 Å². The number of unbranched alkanes of at least 4 members (excludes halogenated alkanes) is 1. The molecule has 6 heteroatoms. The smallest absolute Gasteiger partial charge is 0.168 e. The average molecular weight is 358 g/mol. The third-order valence-corrected chi connectivity index (χ3v) is 5.01. The number of aliphatic hydroxyl groups is 1. The van der Waals surface area contributed by atoms with Crippen molar-refractivity contribution >= 4 is 17.3 Å². The Balaban J connectivity index is 1.77. The Labute approximate surface area is 153 Å². The van der Waals surface area contributed by atoms with Crippen LogP contribution in [0.25, 0.3) is 0 Å². The van der Waals surface area contributed by atoms with Gasteiger partial charge in [0.1, 0.15) is 11.5 Å². The number of hydrogen-bond acceptors (Lipinski definition) is 6. The lowest BCUT2D eigenvalue weighted by atomic mass is 9.88. The number of aryl methyl sites for hydroxylation is 2. The van der Waals surface area contributed by atoms with E-state index in [0.29, 0.717) is 48.4 Å². The molecule has 26 heavy (non-hydrogen) atoms. The van der Waals surface area contributed by atoms with E-state index in [2.05, 4.69) is 17.1 Å². The number of fused-ring (bicyclic) bond motifs is 1. The first-order valence-electron chi connectivity index (χ1n) is 9.61. The Kier molecular flexibility index (Phi) is 6.01. The standard InChI is InChI=1S/C20H26N2O4/c1-2-3-12-21-13-6-4-7-15(23)19(13)17(25)11-10-14-20-16(24)8-5-9-18(20)26-22-14/h25H,2-12H2,1H3/b19-17-,21-13?. The highest BCUT2D eigenvalue weighted by molar-refractivity contribution is 6.24. The topological polar surface area (TPSA) is 92.8 Å². The van der Waals surface area contributed by atoms with Gasteiger partial charge in [-0.2, -0.15) is 0 Å². The molecule has 2 aliphatic rings. The molecule has 0 amide bonds. The van der Waals surface area contributed by atoms with Gasteiger partial charge in [-0.15, -0.1) is 0 Å². The van der Waals surface area contributed by atoms with Crippen LogP contribution in [0.2, 0.25) is 0 Å². The monoisotopic (exact) mass is 358 g/mol. The number of hydrogen-bond donors (Lipinski definition) is 1. The van der Waals surface area contributed by atoms with Crippen molar-refractivity contribution in [1.82, 2.24) is 5.16 Å². The first kappa shape index (κ1) is 18.5. The fourth-order valence-corrected chi connectivity index (χ4v) is 3.60. The molecule has 1 saturated carbocycles. The lowest BCUT2D eigenvalue weighted by Gasteiger charge is -2.18. The van der Waals surface area contributed by atoms with Crippen LogP contribution >= 0.6 is 0 Å². The number of ketones is 2. The van der Waals surface area contributed by atoms with Crippen molar-refractivity contribution in [3.05, 3.63) is 28.3 Å². The number of Topliss-reactive ketones (excluding diaryl/α,β-unsaturated/α-hetero) is 2. The number of aromatic nitrogens is 1. The zero-order valence-corrected chi connectivity index (χ0v) is 15.3. The first-order chi connectivity index (χ1) is 12.6. The molecule has 140 valence electrons. The Morgan fingerprint density at radius 3 is 2.73 bits per heavy atom. The van der Waals surface area contributed by atoms with Crippen LogP contribution in [-0.2, 0) is 17.6 Å². The van der Waals surface area contributed by atoms with E-state index in [1.54, 1.807) is 0 Å². The fraction of sp³-hybridized carbons (Fsp3) is 0.600. The third-order valence-electron chi connectivity index (χ3n) is 5.01. The highest BCUT2D eigenvalue weighted by atomic mass is 16.5. The predicted molar refractivity (Wildman–Crippen MR) is 97.8 cm³/mol. The van der Waals surface area contributed by atoms with Gasteiger partial charge in [0, 0.05) is 44.4 Å². The van der Waals surface area contributed by atoms with E-state index in [1.807, 2.05) is 0 Å². The molecule has 3 rings (SSSR count). The highest BCUT2D eigenvalue weighted by Gasteiger charge is 2.28. The average Bonchev–Trinajstić information content (AvgIpc) is 3.04. The predicted octanol–water partition coefficient (Wildman–Crippen LogP) is 3.93. The van der Waals surface area contributed by atoms with Crippen molar-refractivity contribution in [2.24, 2.45) is 4.99 Å². The molecule has 1 aromatic heterocycles. The van der Waals surface area contributed by atoms with Crippen LogP contribution in [0, 0.1) is 0 Å². The maximum atomic E-state index is 12.3. The van der Waals surface area contributed by atoms with Gasteiger partial charge in [-0.1, -0.05) is 18.5 Å². The van der Waals surface area contributed by atoms with Crippen LogP contribution in [0.1, 0.15) is 80.1 Å². The van der Waals surface area contributed by atoms with Crippen LogP contribution in [-0.4, -0.2) is 34.1 Å². The third kappa shape index (κ3) is 3.94. The number of carbonyl (C=O) groups is 2. The number of allylic oxidation sites excluding steroid dienone is 2. The van der Waals surface area contributed by atoms with Gasteiger partial charge in [0.05, 0.1) is 16.8 Å². The zero-order valence-electron chi connectivity index (χ0n) is 15.3. The number of aliphatic hydroxyl groups excluding tert-OH is 1. The van der Waals surface area contributed by atoms with Crippen molar-refractivity contribution in [1.29, 1.82) is 0 Å². The molecule has 1 heterocycles. The number of carbonyl (C=O) groups excluding carboxylic acids is 2. The summed E-state index contributed by atoms with van der Waals surface area (Å²) in [6.45, 7) is 2.78. The molecular formula is C20H26N2O4. The number of nitrogens with zero attached hydrogens (tertiary/aromatic N) is 2. The SMILES string of the molecule is CCCCN=C1CCCC(=O)/C1=C(\O)CCc1noc2c1C(=O)CCC2. The molecule has 0 unspecified atom stereocenters. The molecule has 0 bridgehead atoms. The van der Waals surface area contributed by atoms with Crippen molar-refractivity contribution < 1.29 is 19.2 Å². The van der Waals surface area contributed by atoms with E-state index >= 15 is 0 Å². The van der Waals surface area contributed by atoms with Gasteiger partial charge >= 0.3 is 0 Å². The minimum Gasteiger partial charge on any atom is -0.511 e. The molecule has 2 aliphatic carbocycles. The molecule has 0 aliphatic heterocycles. The maximum Gasteiger partial charge on any atom is 0.168 e. The summed E-state index contributed by atoms with van der Waals surface area (Å²) in [7, 11) is 0. The van der Waals surface area contributed by atoms with E-state index in [0.717, 1.165) is 44.2 Å². The summed E-state index contributed by atoms with van der Waals surface area (Å²) in [5.41, 5.74) is 2.28. The molecule has 1 fully saturated rings. The summed E-state index contributed by atoms with van der Waals surface area (Å²) >= 11 is 0. The van der Waals surface area contributed by atoms with Gasteiger partial charge in [0.15, 0.2) is 11.6 Å². The normalized spacial score (nSPS) is 21.2. The van der Waals surface area contributed by atoms with Crippen LogP contribution in [0.4, 0.5) is 0 Å². The van der Waals surface area contributed by atoms with Crippen LogP contribution < -0.4 is 0 Å². The van der Waals surface area contributed by atoms with Gasteiger partial charge < -0.3 is 9.63 Å². The largest absolute Gasteiger partial charge is 0.511 e. The molecule has 0 aromatic carbocycles. The summed E-state index contributed by atoms with van der Waals surface area (Å²) < 4.78 is 5.28. The van der Waals surface area contributed by atoms with E-state index in [-0.39, 0.29) is 23.7 Å². The molecule has 0 atom stereocenters. The second kappa shape index (κ2) is 8.43. The van der Waals surface area contributed by atoms with Gasteiger partial charge in [-0.25, -0.2) is 0 Å². The molecule has 6 nitrogen and oxygen atoms in total. The lowest BCUT2D eigenvalue weighted by molar-refractivity contribution is -0.115. The van der Waals surface area contributed by atoms with Gasteiger partial charge in [0.2, 0.25) is 0 Å².